The van der Waals surface area contributed by atoms with Gasteiger partial charge in [-0.2, -0.15) is 0 Å². The predicted molar refractivity (Wildman–Crippen MR) is 101 cm³/mol. The third kappa shape index (κ3) is 3.68. The molecule has 2 heterocycles. The van der Waals surface area contributed by atoms with Crippen LogP contribution in [-0.2, 0) is 9.53 Å². The zero-order valence-corrected chi connectivity index (χ0v) is 15.5. The van der Waals surface area contributed by atoms with Gasteiger partial charge in [0.05, 0.1) is 5.41 Å². The summed E-state index contributed by atoms with van der Waals surface area (Å²) in [5.41, 5.74) is 0.949. The number of carbonyl (C=O) groups is 1. The molecule has 5 heteroatoms. The Kier molecular flexibility index (Phi) is 5.07. The van der Waals surface area contributed by atoms with Crippen molar-refractivity contribution in [2.45, 2.75) is 51.0 Å². The Morgan fingerprint density at radius 2 is 1.88 bits per heavy atom. The molecule has 1 spiro atoms. The van der Waals surface area contributed by atoms with Crippen LogP contribution in [-0.4, -0.2) is 54.8 Å². The lowest BCUT2D eigenvalue weighted by Crippen LogP contribution is -2.47. The van der Waals surface area contributed by atoms with E-state index in [1.165, 1.54) is 19.3 Å². The zero-order chi connectivity index (χ0) is 18.0. The lowest BCUT2D eigenvalue weighted by atomic mass is 9.72. The molecule has 142 valence electrons. The Labute approximate surface area is 155 Å². The van der Waals surface area contributed by atoms with E-state index in [0.717, 1.165) is 64.1 Å². The number of phenolic OH excluding ortho intramolecular Hbond substituents is 1. The number of aromatic hydroxyl groups is 1. The average Bonchev–Trinajstić information content (AvgIpc) is 2.96. The SMILES string of the molecule is O=C1O[C@H](CCN2CCN(c3cccc(O)c3)CC2)CC12CCCCC2. The van der Waals surface area contributed by atoms with Crippen molar-refractivity contribution >= 4 is 11.7 Å². The third-order valence-corrected chi connectivity index (χ3v) is 6.47. The fourth-order valence-electron chi connectivity index (χ4n) is 4.88. The minimum atomic E-state index is -0.142. The maximum Gasteiger partial charge on any atom is 0.312 e. The molecule has 1 atom stereocenters. The molecule has 0 bridgehead atoms. The topological polar surface area (TPSA) is 53.0 Å². The highest BCUT2D eigenvalue weighted by Crippen LogP contribution is 2.46. The molecule has 0 aromatic heterocycles. The molecular weight excluding hydrogens is 328 g/mol. The predicted octanol–water partition coefficient (Wildman–Crippen LogP) is 3.17. The average molecular weight is 358 g/mol. The summed E-state index contributed by atoms with van der Waals surface area (Å²) in [5, 5.41) is 9.65. The molecule has 0 radical (unpaired) electrons. The molecule has 1 aromatic carbocycles. The second-order valence-electron chi connectivity index (χ2n) is 8.21. The number of esters is 1. The third-order valence-electron chi connectivity index (χ3n) is 6.47. The van der Waals surface area contributed by atoms with Crippen LogP contribution < -0.4 is 4.90 Å². The van der Waals surface area contributed by atoms with Gasteiger partial charge in [-0.3, -0.25) is 9.69 Å². The Balaban J connectivity index is 1.24. The summed E-state index contributed by atoms with van der Waals surface area (Å²) in [6, 6.07) is 7.49. The number of benzene rings is 1. The fraction of sp³-hybridized carbons (Fsp3) is 0.667. The van der Waals surface area contributed by atoms with Crippen LogP contribution in [0.25, 0.3) is 0 Å². The molecule has 5 nitrogen and oxygen atoms in total. The van der Waals surface area contributed by atoms with Crippen LogP contribution in [0.1, 0.15) is 44.9 Å². The first-order chi connectivity index (χ1) is 12.6. The first-order valence-corrected chi connectivity index (χ1v) is 10.1. The second-order valence-corrected chi connectivity index (χ2v) is 8.21. The van der Waals surface area contributed by atoms with Crippen molar-refractivity contribution in [3.05, 3.63) is 24.3 Å². The highest BCUT2D eigenvalue weighted by molar-refractivity contribution is 5.79. The van der Waals surface area contributed by atoms with Crippen LogP contribution in [0.2, 0.25) is 0 Å². The van der Waals surface area contributed by atoms with Crippen molar-refractivity contribution in [2.24, 2.45) is 5.41 Å². The number of hydrogen-bond donors (Lipinski definition) is 1. The van der Waals surface area contributed by atoms with Gasteiger partial charge in [-0.15, -0.1) is 0 Å². The Morgan fingerprint density at radius 1 is 1.12 bits per heavy atom. The van der Waals surface area contributed by atoms with Gasteiger partial charge >= 0.3 is 5.97 Å². The summed E-state index contributed by atoms with van der Waals surface area (Å²) in [6.07, 6.45) is 7.70. The van der Waals surface area contributed by atoms with E-state index in [-0.39, 0.29) is 17.5 Å². The first-order valence-electron chi connectivity index (χ1n) is 10.1. The molecule has 0 amide bonds. The summed E-state index contributed by atoms with van der Waals surface area (Å²) < 4.78 is 5.75. The number of hydrogen-bond acceptors (Lipinski definition) is 5. The molecule has 1 aliphatic carbocycles. The maximum absolute atomic E-state index is 12.4. The molecule has 2 saturated heterocycles. The Bertz CT molecular complexity index is 634. The van der Waals surface area contributed by atoms with Crippen molar-refractivity contribution < 1.29 is 14.6 Å². The van der Waals surface area contributed by atoms with Crippen LogP contribution in [0.3, 0.4) is 0 Å². The van der Waals surface area contributed by atoms with Crippen molar-refractivity contribution in [1.29, 1.82) is 0 Å². The summed E-state index contributed by atoms with van der Waals surface area (Å²) >= 11 is 0. The minimum absolute atomic E-state index is 0.0795. The smallest absolute Gasteiger partial charge is 0.312 e. The van der Waals surface area contributed by atoms with Gasteiger partial charge in [0.2, 0.25) is 0 Å². The van der Waals surface area contributed by atoms with Crippen molar-refractivity contribution in [3.8, 4) is 5.75 Å². The minimum Gasteiger partial charge on any atom is -0.508 e. The van der Waals surface area contributed by atoms with E-state index >= 15 is 0 Å². The van der Waals surface area contributed by atoms with Gasteiger partial charge in [0.25, 0.3) is 0 Å². The Morgan fingerprint density at radius 3 is 2.62 bits per heavy atom. The van der Waals surface area contributed by atoms with Crippen LogP contribution in [0.5, 0.6) is 5.75 Å². The van der Waals surface area contributed by atoms with E-state index in [0.29, 0.717) is 5.75 Å². The number of ether oxygens (including phenoxy) is 1. The second kappa shape index (κ2) is 7.47. The van der Waals surface area contributed by atoms with E-state index in [1.807, 2.05) is 12.1 Å². The molecule has 0 unspecified atom stereocenters. The van der Waals surface area contributed by atoms with Gasteiger partial charge in [0.1, 0.15) is 11.9 Å². The normalized spacial score (nSPS) is 26.2. The summed E-state index contributed by atoms with van der Waals surface area (Å²) in [7, 11) is 0. The molecule has 1 saturated carbocycles. The van der Waals surface area contributed by atoms with Crippen LogP contribution in [0.15, 0.2) is 24.3 Å². The quantitative estimate of drug-likeness (QED) is 0.838. The number of anilines is 1. The van der Waals surface area contributed by atoms with Gasteiger partial charge in [0, 0.05) is 50.9 Å². The van der Waals surface area contributed by atoms with Crippen molar-refractivity contribution in [1.82, 2.24) is 4.90 Å². The lowest BCUT2D eigenvalue weighted by Gasteiger charge is -2.36. The lowest BCUT2D eigenvalue weighted by molar-refractivity contribution is -0.150. The number of carbonyl (C=O) groups excluding carboxylic acids is 1. The maximum atomic E-state index is 12.4. The molecule has 3 fully saturated rings. The molecule has 2 aliphatic heterocycles. The number of cyclic esters (lactones) is 1. The summed E-state index contributed by atoms with van der Waals surface area (Å²) in [6.45, 7) is 4.97. The molecule has 4 rings (SSSR count). The van der Waals surface area contributed by atoms with Gasteiger partial charge in [0.15, 0.2) is 0 Å². The van der Waals surface area contributed by atoms with Gasteiger partial charge < -0.3 is 14.7 Å². The molecule has 3 aliphatic rings. The van der Waals surface area contributed by atoms with Gasteiger partial charge in [-0.25, -0.2) is 0 Å². The molecule has 1 N–H and O–H groups in total. The highest BCUT2D eigenvalue weighted by atomic mass is 16.6. The Hall–Kier alpha value is -1.75. The summed E-state index contributed by atoms with van der Waals surface area (Å²) in [5.74, 6) is 0.403. The van der Waals surface area contributed by atoms with E-state index < -0.39 is 0 Å². The number of phenols is 1. The highest BCUT2D eigenvalue weighted by Gasteiger charge is 2.48. The monoisotopic (exact) mass is 358 g/mol. The van der Waals surface area contributed by atoms with Crippen LogP contribution >= 0.6 is 0 Å². The number of nitrogens with zero attached hydrogens (tertiary/aromatic N) is 2. The fourth-order valence-corrected chi connectivity index (χ4v) is 4.88. The van der Waals surface area contributed by atoms with E-state index in [4.69, 9.17) is 4.74 Å². The van der Waals surface area contributed by atoms with E-state index in [2.05, 4.69) is 15.9 Å². The van der Waals surface area contributed by atoms with Crippen LogP contribution in [0, 0.1) is 5.41 Å². The largest absolute Gasteiger partial charge is 0.508 e. The van der Waals surface area contributed by atoms with Gasteiger partial charge in [-0.05, 0) is 31.4 Å². The van der Waals surface area contributed by atoms with E-state index in [9.17, 15) is 9.90 Å². The summed E-state index contributed by atoms with van der Waals surface area (Å²) in [4.78, 5) is 17.2. The van der Waals surface area contributed by atoms with Crippen LogP contribution in [0.4, 0.5) is 5.69 Å². The number of piperazine rings is 1. The molecular formula is C21H30N2O3. The van der Waals surface area contributed by atoms with Crippen molar-refractivity contribution in [2.75, 3.05) is 37.6 Å². The van der Waals surface area contributed by atoms with Crippen molar-refractivity contribution in [3.63, 3.8) is 0 Å². The standard InChI is InChI=1S/C21H30N2O3/c24-18-6-4-5-17(15-18)23-13-11-22(12-14-23)10-7-19-16-21(20(25)26-19)8-2-1-3-9-21/h4-6,15,19,24H,1-3,7-14,16H2/t19-/m1/s1. The first kappa shape index (κ1) is 17.7. The van der Waals surface area contributed by atoms with E-state index in [1.54, 1.807) is 6.07 Å². The molecule has 1 aromatic rings. The molecule has 26 heavy (non-hydrogen) atoms. The van der Waals surface area contributed by atoms with Gasteiger partial charge in [-0.1, -0.05) is 25.3 Å². The number of rotatable bonds is 4. The zero-order valence-electron chi connectivity index (χ0n) is 15.5.